The average molecular weight is 344 g/mol. The molecule has 1 aliphatic rings. The monoisotopic (exact) mass is 343 g/mol. The average Bonchev–Trinajstić information content (AvgIpc) is 3.01. The first-order valence-corrected chi connectivity index (χ1v) is 9.36. The fourth-order valence-electron chi connectivity index (χ4n) is 3.00. The van der Waals surface area contributed by atoms with Crippen LogP contribution >= 0.6 is 11.3 Å². The highest BCUT2D eigenvalue weighted by atomic mass is 32.1. The van der Waals surface area contributed by atoms with Crippen LogP contribution in [0.5, 0.6) is 0 Å². The molecule has 0 spiro atoms. The molecular weight excluding hydrogens is 318 g/mol. The lowest BCUT2D eigenvalue weighted by Crippen LogP contribution is -2.39. The molecule has 2 aromatic rings. The number of fused-ring (bicyclic) bond motifs is 1. The van der Waals surface area contributed by atoms with Gasteiger partial charge in [0, 0.05) is 37.9 Å². The van der Waals surface area contributed by atoms with Crippen LogP contribution in [0.2, 0.25) is 0 Å². The molecule has 128 valence electrons. The Kier molecular flexibility index (Phi) is 5.80. The molecule has 0 radical (unpaired) electrons. The van der Waals surface area contributed by atoms with Crippen LogP contribution in [0.1, 0.15) is 34.0 Å². The molecule has 1 aliphatic carbocycles. The first-order chi connectivity index (χ1) is 11.8. The Morgan fingerprint density at radius 3 is 2.83 bits per heavy atom. The molecule has 0 bridgehead atoms. The molecule has 0 unspecified atom stereocenters. The third-order valence-electron chi connectivity index (χ3n) is 4.28. The number of aliphatic imine (C=N–C) groups is 1. The van der Waals surface area contributed by atoms with Crippen molar-refractivity contribution in [3.8, 4) is 0 Å². The summed E-state index contributed by atoms with van der Waals surface area (Å²) in [4.78, 5) is 16.9. The van der Waals surface area contributed by atoms with Gasteiger partial charge in [0.25, 0.3) is 0 Å². The van der Waals surface area contributed by atoms with Gasteiger partial charge in [-0.05, 0) is 49.8 Å². The van der Waals surface area contributed by atoms with E-state index in [1.165, 1.54) is 40.4 Å². The van der Waals surface area contributed by atoms with Crippen LogP contribution in [0.25, 0.3) is 0 Å². The summed E-state index contributed by atoms with van der Waals surface area (Å²) >= 11 is 1.87. The highest BCUT2D eigenvalue weighted by Gasteiger charge is 2.16. The van der Waals surface area contributed by atoms with Gasteiger partial charge in [0.1, 0.15) is 5.01 Å². The minimum Gasteiger partial charge on any atom is -0.356 e. The predicted molar refractivity (Wildman–Crippen MR) is 99.5 cm³/mol. The number of pyridine rings is 1. The van der Waals surface area contributed by atoms with Gasteiger partial charge in [-0.2, -0.15) is 0 Å². The third-order valence-corrected chi connectivity index (χ3v) is 5.42. The number of thiazole rings is 1. The van der Waals surface area contributed by atoms with E-state index in [1.807, 2.05) is 42.9 Å². The highest BCUT2D eigenvalue weighted by Crippen LogP contribution is 2.27. The number of aryl methyl sites for hydroxylation is 2. The Morgan fingerprint density at radius 2 is 2.08 bits per heavy atom. The summed E-state index contributed by atoms with van der Waals surface area (Å²) in [7, 11) is 3.90. The summed E-state index contributed by atoms with van der Waals surface area (Å²) < 4.78 is 0. The Hall–Kier alpha value is -1.95. The Morgan fingerprint density at radius 1 is 1.29 bits per heavy atom. The van der Waals surface area contributed by atoms with Crippen molar-refractivity contribution in [2.75, 3.05) is 20.6 Å². The number of aromatic nitrogens is 2. The number of hydrogen-bond acceptors (Lipinski definition) is 4. The smallest absolute Gasteiger partial charge is 0.193 e. The van der Waals surface area contributed by atoms with E-state index < -0.39 is 0 Å². The maximum Gasteiger partial charge on any atom is 0.193 e. The first-order valence-electron chi connectivity index (χ1n) is 8.54. The Bertz CT molecular complexity index is 656. The maximum atomic E-state index is 4.82. The molecule has 2 heterocycles. The molecule has 0 atom stereocenters. The normalized spacial score (nSPS) is 14.3. The van der Waals surface area contributed by atoms with Gasteiger partial charge in [-0.3, -0.25) is 9.98 Å². The van der Waals surface area contributed by atoms with Crippen molar-refractivity contribution in [1.29, 1.82) is 0 Å². The van der Waals surface area contributed by atoms with E-state index in [0.29, 0.717) is 0 Å². The van der Waals surface area contributed by atoms with E-state index in [4.69, 9.17) is 4.98 Å². The SMILES string of the molecule is CN=C(NCCc1ccncc1)N(C)Cc1nc2c(s1)CCCC2. The standard InChI is InChI=1S/C18H25N5S/c1-19-18(21-12-9-14-7-10-20-11-8-14)23(2)13-17-22-15-5-3-4-6-16(15)24-17/h7-8,10-11H,3-6,9,12-13H2,1-2H3,(H,19,21). The van der Waals surface area contributed by atoms with E-state index in [1.54, 1.807) is 0 Å². The summed E-state index contributed by atoms with van der Waals surface area (Å²) in [6.45, 7) is 1.67. The summed E-state index contributed by atoms with van der Waals surface area (Å²) in [6.07, 6.45) is 9.57. The highest BCUT2D eigenvalue weighted by molar-refractivity contribution is 7.11. The van der Waals surface area contributed by atoms with Gasteiger partial charge in [-0.1, -0.05) is 0 Å². The van der Waals surface area contributed by atoms with Gasteiger partial charge in [0.15, 0.2) is 5.96 Å². The number of rotatable bonds is 5. The van der Waals surface area contributed by atoms with Crippen molar-refractivity contribution >= 4 is 17.3 Å². The van der Waals surface area contributed by atoms with E-state index in [9.17, 15) is 0 Å². The fourth-order valence-corrected chi connectivity index (χ4v) is 4.21. The van der Waals surface area contributed by atoms with Crippen molar-refractivity contribution in [2.24, 2.45) is 4.99 Å². The lowest BCUT2D eigenvalue weighted by molar-refractivity contribution is 0.475. The van der Waals surface area contributed by atoms with Crippen molar-refractivity contribution in [3.05, 3.63) is 45.7 Å². The lowest BCUT2D eigenvalue weighted by Gasteiger charge is -2.21. The molecule has 0 fully saturated rings. The first kappa shape index (κ1) is 16.9. The van der Waals surface area contributed by atoms with Crippen molar-refractivity contribution < 1.29 is 0 Å². The second kappa shape index (κ2) is 8.24. The second-order valence-electron chi connectivity index (χ2n) is 6.12. The lowest BCUT2D eigenvalue weighted by atomic mass is 10.0. The number of hydrogen-bond donors (Lipinski definition) is 1. The zero-order valence-electron chi connectivity index (χ0n) is 14.5. The third kappa shape index (κ3) is 4.32. The molecule has 5 nitrogen and oxygen atoms in total. The molecule has 1 N–H and O–H groups in total. The summed E-state index contributed by atoms with van der Waals surface area (Å²) in [5.74, 6) is 0.914. The van der Waals surface area contributed by atoms with Crippen LogP contribution in [0.4, 0.5) is 0 Å². The maximum absolute atomic E-state index is 4.82. The van der Waals surface area contributed by atoms with Crippen molar-refractivity contribution in [2.45, 2.75) is 38.6 Å². The van der Waals surface area contributed by atoms with Crippen molar-refractivity contribution in [1.82, 2.24) is 20.2 Å². The van der Waals surface area contributed by atoms with Crippen molar-refractivity contribution in [3.63, 3.8) is 0 Å². The molecule has 6 heteroatoms. The van der Waals surface area contributed by atoms with Gasteiger partial charge < -0.3 is 10.2 Å². The molecular formula is C18H25N5S. The van der Waals surface area contributed by atoms with Crippen LogP contribution in [-0.4, -0.2) is 41.5 Å². The largest absolute Gasteiger partial charge is 0.356 e. The van der Waals surface area contributed by atoms with Gasteiger partial charge in [0.2, 0.25) is 0 Å². The van der Waals surface area contributed by atoms with E-state index in [-0.39, 0.29) is 0 Å². The molecule has 24 heavy (non-hydrogen) atoms. The van der Waals surface area contributed by atoms with Crippen LogP contribution < -0.4 is 5.32 Å². The molecule has 0 saturated carbocycles. The van der Waals surface area contributed by atoms with Gasteiger partial charge >= 0.3 is 0 Å². The minimum atomic E-state index is 0.812. The zero-order valence-corrected chi connectivity index (χ0v) is 15.3. The quantitative estimate of drug-likeness (QED) is 0.670. The van der Waals surface area contributed by atoms with Gasteiger partial charge in [0.05, 0.1) is 12.2 Å². The van der Waals surface area contributed by atoms with Gasteiger partial charge in [-0.25, -0.2) is 4.98 Å². The summed E-state index contributed by atoms with van der Waals surface area (Å²) in [6, 6.07) is 4.10. The molecule has 3 rings (SSSR count). The van der Waals surface area contributed by atoms with E-state index >= 15 is 0 Å². The summed E-state index contributed by atoms with van der Waals surface area (Å²) in [5.41, 5.74) is 2.61. The molecule has 2 aromatic heterocycles. The fraction of sp³-hybridized carbons (Fsp3) is 0.500. The molecule has 0 aliphatic heterocycles. The summed E-state index contributed by atoms with van der Waals surface area (Å²) in [5, 5.41) is 4.63. The van der Waals surface area contributed by atoms with Crippen LogP contribution in [-0.2, 0) is 25.8 Å². The molecule has 0 aromatic carbocycles. The molecule has 0 saturated heterocycles. The zero-order chi connectivity index (χ0) is 16.8. The van der Waals surface area contributed by atoms with Crippen LogP contribution in [0.15, 0.2) is 29.5 Å². The number of nitrogens with one attached hydrogen (secondary N) is 1. The van der Waals surface area contributed by atoms with Gasteiger partial charge in [-0.15, -0.1) is 11.3 Å². The van der Waals surface area contributed by atoms with E-state index in [2.05, 4.69) is 27.2 Å². The minimum absolute atomic E-state index is 0.812. The Balaban J connectivity index is 1.52. The number of nitrogens with zero attached hydrogens (tertiary/aromatic N) is 4. The Labute approximate surface area is 147 Å². The van der Waals surface area contributed by atoms with Crippen LogP contribution in [0.3, 0.4) is 0 Å². The molecule has 0 amide bonds. The topological polar surface area (TPSA) is 53.4 Å². The number of guanidine groups is 1. The predicted octanol–water partition coefficient (Wildman–Crippen LogP) is 2.67. The van der Waals surface area contributed by atoms with E-state index in [0.717, 1.165) is 31.9 Å². The second-order valence-corrected chi connectivity index (χ2v) is 7.29. The van der Waals surface area contributed by atoms with Crippen LogP contribution in [0, 0.1) is 0 Å².